The number of carbonyl (C=O) groups excluding carboxylic acids is 1. The van der Waals surface area contributed by atoms with Gasteiger partial charge in [-0.05, 0) is 44.9 Å². The van der Waals surface area contributed by atoms with Gasteiger partial charge in [0.15, 0.2) is 0 Å². The maximum Gasteiger partial charge on any atom is 0.416 e. The van der Waals surface area contributed by atoms with Crippen molar-refractivity contribution in [2.24, 2.45) is 5.41 Å². The average Bonchev–Trinajstić information content (AvgIpc) is 3.34. The fourth-order valence-corrected chi connectivity index (χ4v) is 4.83. The van der Waals surface area contributed by atoms with E-state index in [2.05, 4.69) is 20.5 Å². The van der Waals surface area contributed by atoms with Crippen molar-refractivity contribution in [2.45, 2.75) is 53.0 Å². The van der Waals surface area contributed by atoms with E-state index in [-0.39, 0.29) is 11.5 Å². The van der Waals surface area contributed by atoms with Crippen LogP contribution in [0.2, 0.25) is 0 Å². The maximum absolute atomic E-state index is 13.4. The minimum Gasteiger partial charge on any atom is -0.379 e. The van der Waals surface area contributed by atoms with Crippen molar-refractivity contribution in [1.82, 2.24) is 24.5 Å². The van der Waals surface area contributed by atoms with E-state index in [1.807, 2.05) is 18.2 Å². The van der Waals surface area contributed by atoms with Crippen LogP contribution in [0.15, 0.2) is 18.2 Å². The molecule has 1 fully saturated rings. The number of amides is 1. The highest BCUT2D eigenvalue weighted by molar-refractivity contribution is 5.84. The standard InChI is InChI=1S/C23H25F3N6O2/c1-12-15(6-5-7-17(12)23(24,25)26)13(2)27-19-16-8-31(20(33)22(4)10-34-11-22)9-18(16)32-14(3)29-30-21(32)28-19/h5-7,13H,8-11H2,1-4H3,(H,27,28,30). The van der Waals surface area contributed by atoms with E-state index in [4.69, 9.17) is 4.74 Å². The van der Waals surface area contributed by atoms with Crippen LogP contribution in [0.5, 0.6) is 0 Å². The molecular weight excluding hydrogens is 449 g/mol. The van der Waals surface area contributed by atoms with Gasteiger partial charge in [-0.2, -0.15) is 18.2 Å². The molecule has 2 aliphatic rings. The van der Waals surface area contributed by atoms with Gasteiger partial charge in [-0.25, -0.2) is 0 Å². The zero-order valence-corrected chi connectivity index (χ0v) is 19.3. The molecule has 2 aliphatic heterocycles. The number of nitrogens with one attached hydrogen (secondary N) is 1. The molecule has 0 bridgehead atoms. The number of anilines is 1. The van der Waals surface area contributed by atoms with E-state index in [0.717, 1.165) is 17.3 Å². The molecule has 1 amide bonds. The molecule has 180 valence electrons. The topological polar surface area (TPSA) is 84.7 Å². The second kappa shape index (κ2) is 7.66. The van der Waals surface area contributed by atoms with Crippen molar-refractivity contribution in [2.75, 3.05) is 18.5 Å². The number of hydrogen-bond acceptors (Lipinski definition) is 6. The number of benzene rings is 1. The molecule has 0 spiro atoms. The predicted molar refractivity (Wildman–Crippen MR) is 117 cm³/mol. The Morgan fingerprint density at radius 1 is 1.21 bits per heavy atom. The minimum absolute atomic E-state index is 0.00143. The Labute approximate surface area is 194 Å². The van der Waals surface area contributed by atoms with Crippen molar-refractivity contribution < 1.29 is 22.7 Å². The average molecular weight is 474 g/mol. The lowest BCUT2D eigenvalue weighted by atomic mass is 9.87. The van der Waals surface area contributed by atoms with Crippen LogP contribution in [0.4, 0.5) is 19.0 Å². The minimum atomic E-state index is -4.43. The number of nitrogens with zero attached hydrogens (tertiary/aromatic N) is 5. The number of ether oxygens (including phenoxy) is 1. The van der Waals surface area contributed by atoms with Crippen LogP contribution in [-0.4, -0.2) is 43.6 Å². The molecule has 4 heterocycles. The quantitative estimate of drug-likeness (QED) is 0.619. The highest BCUT2D eigenvalue weighted by Gasteiger charge is 2.45. The zero-order valence-electron chi connectivity index (χ0n) is 19.3. The summed E-state index contributed by atoms with van der Waals surface area (Å²) in [5.74, 6) is 1.52. The van der Waals surface area contributed by atoms with Gasteiger partial charge in [0.05, 0.1) is 49.0 Å². The normalized spacial score (nSPS) is 18.0. The summed E-state index contributed by atoms with van der Waals surface area (Å²) in [5.41, 5.74) is 1.14. The highest BCUT2D eigenvalue weighted by atomic mass is 19.4. The summed E-state index contributed by atoms with van der Waals surface area (Å²) in [4.78, 5) is 19.5. The van der Waals surface area contributed by atoms with Gasteiger partial charge in [-0.3, -0.25) is 9.20 Å². The Kier molecular flexibility index (Phi) is 5.08. The number of aromatic nitrogens is 4. The molecule has 0 saturated carbocycles. The van der Waals surface area contributed by atoms with Crippen LogP contribution in [0.1, 0.15) is 53.7 Å². The third kappa shape index (κ3) is 3.49. The monoisotopic (exact) mass is 474 g/mol. The molecule has 2 aromatic heterocycles. The second-order valence-corrected chi connectivity index (χ2v) is 9.37. The number of alkyl halides is 3. The molecule has 34 heavy (non-hydrogen) atoms. The molecule has 0 radical (unpaired) electrons. The lowest BCUT2D eigenvalue weighted by Gasteiger charge is -2.39. The Morgan fingerprint density at radius 2 is 1.94 bits per heavy atom. The Morgan fingerprint density at radius 3 is 2.59 bits per heavy atom. The fourth-order valence-electron chi connectivity index (χ4n) is 4.83. The van der Waals surface area contributed by atoms with Gasteiger partial charge in [-0.1, -0.05) is 12.1 Å². The van der Waals surface area contributed by atoms with E-state index in [1.165, 1.54) is 13.0 Å². The summed E-state index contributed by atoms with van der Waals surface area (Å²) in [6, 6.07) is 3.71. The first-order chi connectivity index (χ1) is 16.0. The number of fused-ring (bicyclic) bond motifs is 3. The van der Waals surface area contributed by atoms with Gasteiger partial charge in [0.25, 0.3) is 5.78 Å². The second-order valence-electron chi connectivity index (χ2n) is 9.37. The van der Waals surface area contributed by atoms with E-state index in [9.17, 15) is 18.0 Å². The lowest BCUT2D eigenvalue weighted by Crippen LogP contribution is -2.52. The van der Waals surface area contributed by atoms with Crippen LogP contribution in [0, 0.1) is 19.3 Å². The number of carbonyl (C=O) groups is 1. The summed E-state index contributed by atoms with van der Waals surface area (Å²) in [6.45, 7) is 8.44. The number of aryl methyl sites for hydroxylation is 1. The van der Waals surface area contributed by atoms with Crippen molar-refractivity contribution in [3.05, 3.63) is 52.0 Å². The van der Waals surface area contributed by atoms with E-state index >= 15 is 0 Å². The van der Waals surface area contributed by atoms with Crippen LogP contribution >= 0.6 is 0 Å². The van der Waals surface area contributed by atoms with E-state index < -0.39 is 23.2 Å². The Bertz CT molecular complexity index is 1300. The van der Waals surface area contributed by atoms with Gasteiger partial charge >= 0.3 is 6.18 Å². The van der Waals surface area contributed by atoms with Crippen LogP contribution < -0.4 is 5.32 Å². The number of rotatable bonds is 4. The lowest BCUT2D eigenvalue weighted by molar-refractivity contribution is -0.169. The fraction of sp³-hybridized carbons (Fsp3) is 0.478. The SMILES string of the molecule is Cc1c(C(C)Nc2nc3nnc(C)n3c3c2CN(C(=O)C2(C)COC2)C3)cccc1C(F)(F)F. The van der Waals surface area contributed by atoms with Gasteiger partial charge in [0, 0.05) is 5.56 Å². The van der Waals surface area contributed by atoms with Gasteiger partial charge in [0.1, 0.15) is 11.6 Å². The Balaban J connectivity index is 1.52. The zero-order chi connectivity index (χ0) is 24.4. The first-order valence-corrected chi connectivity index (χ1v) is 11.0. The first-order valence-electron chi connectivity index (χ1n) is 11.0. The molecule has 1 N–H and O–H groups in total. The molecule has 1 atom stereocenters. The maximum atomic E-state index is 13.4. The highest BCUT2D eigenvalue weighted by Crippen LogP contribution is 2.38. The van der Waals surface area contributed by atoms with Crippen molar-refractivity contribution in [3.8, 4) is 0 Å². The van der Waals surface area contributed by atoms with Crippen LogP contribution in [0.3, 0.4) is 0 Å². The summed E-state index contributed by atoms with van der Waals surface area (Å²) in [5, 5.41) is 11.5. The summed E-state index contributed by atoms with van der Waals surface area (Å²) in [7, 11) is 0. The van der Waals surface area contributed by atoms with Crippen LogP contribution in [-0.2, 0) is 28.8 Å². The van der Waals surface area contributed by atoms with Crippen molar-refractivity contribution in [1.29, 1.82) is 0 Å². The third-order valence-corrected chi connectivity index (χ3v) is 6.76. The molecule has 1 saturated heterocycles. The molecular formula is C23H25F3N6O2. The molecule has 5 rings (SSSR count). The first kappa shape index (κ1) is 22.6. The third-order valence-electron chi connectivity index (χ3n) is 6.76. The molecule has 0 aliphatic carbocycles. The smallest absolute Gasteiger partial charge is 0.379 e. The number of halogens is 3. The van der Waals surface area contributed by atoms with Crippen molar-refractivity contribution in [3.63, 3.8) is 0 Å². The molecule has 11 heteroatoms. The molecule has 8 nitrogen and oxygen atoms in total. The molecule has 3 aromatic rings. The summed E-state index contributed by atoms with van der Waals surface area (Å²) in [6.07, 6.45) is -4.43. The molecule has 1 unspecified atom stereocenters. The van der Waals surface area contributed by atoms with Crippen LogP contribution in [0.25, 0.3) is 5.78 Å². The Hall–Kier alpha value is -3.21. The molecule has 1 aromatic carbocycles. The van der Waals surface area contributed by atoms with E-state index in [0.29, 0.717) is 49.3 Å². The number of hydrogen-bond donors (Lipinski definition) is 1. The summed E-state index contributed by atoms with van der Waals surface area (Å²) < 4.78 is 47.4. The van der Waals surface area contributed by atoms with Gasteiger partial charge < -0.3 is 15.0 Å². The predicted octanol–water partition coefficient (Wildman–Crippen LogP) is 3.81. The summed E-state index contributed by atoms with van der Waals surface area (Å²) >= 11 is 0. The largest absolute Gasteiger partial charge is 0.416 e. The van der Waals surface area contributed by atoms with Gasteiger partial charge in [-0.15, -0.1) is 10.2 Å². The van der Waals surface area contributed by atoms with Gasteiger partial charge in [0.2, 0.25) is 5.91 Å². The van der Waals surface area contributed by atoms with Crippen molar-refractivity contribution >= 4 is 17.5 Å². The van der Waals surface area contributed by atoms with E-state index in [1.54, 1.807) is 17.9 Å².